The molecule has 7 heteroatoms. The number of hydrogen-bond donors (Lipinski definition) is 1. The number of anilines is 1. The minimum absolute atomic E-state index is 0.196. The summed E-state index contributed by atoms with van der Waals surface area (Å²) in [6.07, 6.45) is 0. The number of para-hydroxylation sites is 1. The lowest BCUT2D eigenvalue weighted by Crippen LogP contribution is -1.91. The topological polar surface area (TPSA) is 64.9 Å². The number of rotatable bonds is 2. The molecular formula is C14H8Cl2FN3O. The second-order valence-electron chi connectivity index (χ2n) is 4.25. The zero-order valence-corrected chi connectivity index (χ0v) is 12.0. The Balaban J connectivity index is 2.06. The Morgan fingerprint density at radius 2 is 1.86 bits per heavy atom. The van der Waals surface area contributed by atoms with E-state index in [1.807, 2.05) is 0 Å². The largest absolute Gasteiger partial charge is 0.397 e. The first-order chi connectivity index (χ1) is 10.1. The Morgan fingerprint density at radius 3 is 2.62 bits per heavy atom. The second kappa shape index (κ2) is 5.35. The highest BCUT2D eigenvalue weighted by molar-refractivity contribution is 6.34. The van der Waals surface area contributed by atoms with Gasteiger partial charge in [-0.1, -0.05) is 34.4 Å². The molecular weight excluding hydrogens is 316 g/mol. The zero-order chi connectivity index (χ0) is 15.0. The summed E-state index contributed by atoms with van der Waals surface area (Å²) in [7, 11) is 0. The lowest BCUT2D eigenvalue weighted by molar-refractivity contribution is 0.432. The van der Waals surface area contributed by atoms with Gasteiger partial charge in [-0.15, -0.1) is 0 Å². The summed E-state index contributed by atoms with van der Waals surface area (Å²) in [4.78, 5) is 4.22. The van der Waals surface area contributed by atoms with E-state index in [0.717, 1.165) is 0 Å². The molecule has 0 bridgehead atoms. The third-order valence-electron chi connectivity index (χ3n) is 2.88. The quantitative estimate of drug-likeness (QED) is 0.708. The third-order valence-corrected chi connectivity index (χ3v) is 3.52. The molecule has 0 unspecified atom stereocenters. The van der Waals surface area contributed by atoms with Crippen LogP contribution in [0.5, 0.6) is 0 Å². The van der Waals surface area contributed by atoms with Crippen LogP contribution >= 0.6 is 23.2 Å². The Kier molecular flexibility index (Phi) is 3.53. The fraction of sp³-hybridized carbons (Fsp3) is 0. The lowest BCUT2D eigenvalue weighted by Gasteiger charge is -2.01. The maximum atomic E-state index is 13.1. The van der Waals surface area contributed by atoms with E-state index in [2.05, 4.69) is 10.1 Å². The van der Waals surface area contributed by atoms with Gasteiger partial charge in [0.05, 0.1) is 21.3 Å². The summed E-state index contributed by atoms with van der Waals surface area (Å²) in [5, 5.41) is 4.42. The zero-order valence-electron chi connectivity index (χ0n) is 10.5. The van der Waals surface area contributed by atoms with Crippen LogP contribution in [-0.4, -0.2) is 10.1 Å². The van der Waals surface area contributed by atoms with E-state index in [4.69, 9.17) is 33.5 Å². The van der Waals surface area contributed by atoms with Crippen LogP contribution in [0.2, 0.25) is 10.0 Å². The number of hydrogen-bond acceptors (Lipinski definition) is 4. The predicted octanol–water partition coefficient (Wildman–Crippen LogP) is 4.43. The van der Waals surface area contributed by atoms with Crippen LogP contribution in [0.4, 0.5) is 10.1 Å². The van der Waals surface area contributed by atoms with E-state index in [0.29, 0.717) is 21.8 Å². The van der Waals surface area contributed by atoms with Crippen LogP contribution in [0.1, 0.15) is 0 Å². The van der Waals surface area contributed by atoms with Gasteiger partial charge < -0.3 is 10.3 Å². The molecule has 0 spiro atoms. The van der Waals surface area contributed by atoms with Gasteiger partial charge in [-0.2, -0.15) is 4.98 Å². The van der Waals surface area contributed by atoms with Gasteiger partial charge >= 0.3 is 0 Å². The molecule has 0 aliphatic heterocycles. The summed E-state index contributed by atoms with van der Waals surface area (Å²) in [6, 6.07) is 9.03. The standard InChI is InChI=1S/C14H8Cl2FN3O/c15-10-3-1-2-9(12(10)18)14-19-13(20-21-14)8-5-4-7(17)6-11(8)16/h1-6H,18H2. The molecule has 0 atom stereocenters. The molecule has 0 saturated heterocycles. The predicted molar refractivity (Wildman–Crippen MR) is 79.6 cm³/mol. The highest BCUT2D eigenvalue weighted by atomic mass is 35.5. The van der Waals surface area contributed by atoms with Crippen molar-refractivity contribution in [3.63, 3.8) is 0 Å². The molecule has 0 amide bonds. The first-order valence-electron chi connectivity index (χ1n) is 5.90. The number of halogens is 3. The minimum atomic E-state index is -0.438. The molecule has 0 radical (unpaired) electrons. The average Bonchev–Trinajstić information content (AvgIpc) is 2.91. The molecule has 3 rings (SSSR count). The first kappa shape index (κ1) is 13.9. The van der Waals surface area contributed by atoms with E-state index in [9.17, 15) is 4.39 Å². The first-order valence-corrected chi connectivity index (χ1v) is 6.65. The summed E-state index contributed by atoms with van der Waals surface area (Å²) >= 11 is 11.9. The van der Waals surface area contributed by atoms with Crippen molar-refractivity contribution in [1.29, 1.82) is 0 Å². The molecule has 2 aromatic carbocycles. The molecule has 0 aliphatic rings. The second-order valence-corrected chi connectivity index (χ2v) is 5.06. The molecule has 21 heavy (non-hydrogen) atoms. The van der Waals surface area contributed by atoms with Crippen molar-refractivity contribution in [2.45, 2.75) is 0 Å². The van der Waals surface area contributed by atoms with Crippen molar-refractivity contribution in [3.8, 4) is 22.8 Å². The third kappa shape index (κ3) is 2.57. The van der Waals surface area contributed by atoms with Crippen LogP contribution < -0.4 is 5.73 Å². The van der Waals surface area contributed by atoms with Crippen molar-refractivity contribution in [1.82, 2.24) is 10.1 Å². The van der Waals surface area contributed by atoms with Gasteiger partial charge in [-0.25, -0.2) is 4.39 Å². The Morgan fingerprint density at radius 1 is 1.05 bits per heavy atom. The summed E-state index contributed by atoms with van der Waals surface area (Å²) < 4.78 is 18.2. The summed E-state index contributed by atoms with van der Waals surface area (Å²) in [5.74, 6) is 0.0197. The van der Waals surface area contributed by atoms with E-state index < -0.39 is 5.82 Å². The van der Waals surface area contributed by atoms with Gasteiger partial charge in [0.2, 0.25) is 5.82 Å². The minimum Gasteiger partial charge on any atom is -0.397 e. The van der Waals surface area contributed by atoms with Crippen LogP contribution in [-0.2, 0) is 0 Å². The maximum Gasteiger partial charge on any atom is 0.260 e. The number of nitrogens with two attached hydrogens (primary N) is 1. The molecule has 0 aliphatic carbocycles. The molecule has 0 fully saturated rings. The van der Waals surface area contributed by atoms with Crippen LogP contribution in [0.25, 0.3) is 22.8 Å². The number of nitrogen functional groups attached to an aromatic ring is 1. The van der Waals surface area contributed by atoms with Gasteiger partial charge in [-0.3, -0.25) is 0 Å². The number of benzene rings is 2. The van der Waals surface area contributed by atoms with Crippen molar-refractivity contribution in [3.05, 3.63) is 52.3 Å². The number of nitrogens with zero attached hydrogens (tertiary/aromatic N) is 2. The highest BCUT2D eigenvalue weighted by Gasteiger charge is 2.16. The van der Waals surface area contributed by atoms with Crippen molar-refractivity contribution < 1.29 is 8.91 Å². The van der Waals surface area contributed by atoms with E-state index in [-0.39, 0.29) is 16.7 Å². The van der Waals surface area contributed by atoms with E-state index in [1.54, 1.807) is 18.2 Å². The number of aromatic nitrogens is 2. The van der Waals surface area contributed by atoms with Gasteiger partial charge in [-0.05, 0) is 30.3 Å². The lowest BCUT2D eigenvalue weighted by atomic mass is 10.2. The van der Waals surface area contributed by atoms with Gasteiger partial charge in [0, 0.05) is 5.56 Å². The smallest absolute Gasteiger partial charge is 0.260 e. The Bertz CT molecular complexity index is 820. The van der Waals surface area contributed by atoms with Gasteiger partial charge in [0.25, 0.3) is 5.89 Å². The summed E-state index contributed by atoms with van der Waals surface area (Å²) in [5.41, 5.74) is 7.22. The van der Waals surface area contributed by atoms with Gasteiger partial charge in [0.15, 0.2) is 0 Å². The maximum absolute atomic E-state index is 13.1. The highest BCUT2D eigenvalue weighted by Crippen LogP contribution is 2.33. The van der Waals surface area contributed by atoms with Crippen LogP contribution in [0.15, 0.2) is 40.9 Å². The molecule has 4 nitrogen and oxygen atoms in total. The molecule has 2 N–H and O–H groups in total. The monoisotopic (exact) mass is 323 g/mol. The Labute approximate surface area is 129 Å². The molecule has 1 heterocycles. The molecule has 0 saturated carbocycles. The average molecular weight is 324 g/mol. The van der Waals surface area contributed by atoms with Crippen LogP contribution in [0, 0.1) is 5.82 Å². The van der Waals surface area contributed by atoms with Crippen molar-refractivity contribution in [2.75, 3.05) is 5.73 Å². The fourth-order valence-electron chi connectivity index (χ4n) is 1.84. The van der Waals surface area contributed by atoms with E-state index >= 15 is 0 Å². The van der Waals surface area contributed by atoms with Crippen molar-refractivity contribution >= 4 is 28.9 Å². The Hall–Kier alpha value is -2.11. The normalized spacial score (nSPS) is 10.8. The fourth-order valence-corrected chi connectivity index (χ4v) is 2.26. The van der Waals surface area contributed by atoms with Crippen molar-refractivity contribution in [2.24, 2.45) is 0 Å². The molecule has 3 aromatic rings. The molecule has 1 aromatic heterocycles. The summed E-state index contributed by atoms with van der Waals surface area (Å²) in [6.45, 7) is 0. The molecule has 106 valence electrons. The van der Waals surface area contributed by atoms with E-state index in [1.165, 1.54) is 18.2 Å². The SMILES string of the molecule is Nc1c(Cl)cccc1-c1nc(-c2ccc(F)cc2Cl)no1. The van der Waals surface area contributed by atoms with Gasteiger partial charge in [0.1, 0.15) is 5.82 Å². The van der Waals surface area contributed by atoms with Crippen LogP contribution in [0.3, 0.4) is 0 Å².